The van der Waals surface area contributed by atoms with E-state index in [2.05, 4.69) is 4.74 Å². The number of aliphatic carboxylic acids is 1. The second-order valence-electron chi connectivity index (χ2n) is 2.64. The van der Waals surface area contributed by atoms with Gasteiger partial charge in [0, 0.05) is 0 Å². The van der Waals surface area contributed by atoms with Crippen LogP contribution in [0.15, 0.2) is 0 Å². The van der Waals surface area contributed by atoms with Gasteiger partial charge in [-0.05, 0) is 0 Å². The average Bonchev–Trinajstić information content (AvgIpc) is 2.13. The van der Waals surface area contributed by atoms with E-state index in [4.69, 9.17) is 5.11 Å². The summed E-state index contributed by atoms with van der Waals surface area (Å²) < 4.78 is 39.5. The second-order valence-corrected chi connectivity index (χ2v) is 2.64. The summed E-state index contributed by atoms with van der Waals surface area (Å²) in [5.41, 5.74) is 0. The molecule has 0 spiro atoms. The molecule has 16 heavy (non-hydrogen) atoms. The van der Waals surface area contributed by atoms with Crippen LogP contribution in [-0.4, -0.2) is 42.3 Å². The summed E-state index contributed by atoms with van der Waals surface area (Å²) in [5, 5.41) is 9.52. The van der Waals surface area contributed by atoms with Crippen molar-refractivity contribution in [2.75, 3.05) is 7.11 Å². The van der Waals surface area contributed by atoms with Crippen LogP contribution in [0.1, 0.15) is 6.42 Å². The van der Waals surface area contributed by atoms with Crippen LogP contribution in [0, 0.1) is 0 Å². The van der Waals surface area contributed by atoms with Crippen molar-refractivity contribution in [1.29, 1.82) is 0 Å². The van der Waals surface area contributed by atoms with Gasteiger partial charge < -0.3 is 15.2 Å². The summed E-state index contributed by atoms with van der Waals surface area (Å²) in [6.07, 6.45) is -6.18. The number of carbonyl (C=O) groups excluding carboxylic acids is 2. The zero-order valence-electron chi connectivity index (χ0n) is 8.00. The molecule has 0 aromatic carbocycles. The first-order valence-electron chi connectivity index (χ1n) is 3.85. The number of carbonyl (C=O) groups is 3. The molecule has 0 aliphatic heterocycles. The minimum Gasteiger partial charge on any atom is -0.481 e. The average molecular weight is 243 g/mol. The van der Waals surface area contributed by atoms with Gasteiger partial charge in [-0.3, -0.25) is 9.59 Å². The standard InChI is InChI=1S/C7H8F3NO5/c1-16-5(14)3(2-4(12)13)11-6(15)7(8,9)10/h3H,2H2,1H3,(H,11,15)(H,12,13)/t3-/m1/s1. The lowest BCUT2D eigenvalue weighted by Crippen LogP contribution is -2.48. The summed E-state index contributed by atoms with van der Waals surface area (Å²) in [7, 11) is 0.858. The summed E-state index contributed by atoms with van der Waals surface area (Å²) in [6, 6.07) is -1.86. The number of halogens is 3. The molecule has 1 atom stereocenters. The number of carboxylic acids is 1. The van der Waals surface area contributed by atoms with Crippen molar-refractivity contribution in [1.82, 2.24) is 5.32 Å². The largest absolute Gasteiger partial charge is 0.481 e. The van der Waals surface area contributed by atoms with Crippen molar-refractivity contribution in [2.24, 2.45) is 0 Å². The number of rotatable bonds is 4. The number of nitrogens with one attached hydrogen (secondary N) is 1. The van der Waals surface area contributed by atoms with Gasteiger partial charge >= 0.3 is 24.0 Å². The number of ether oxygens (including phenoxy) is 1. The number of hydrogen-bond acceptors (Lipinski definition) is 4. The van der Waals surface area contributed by atoms with Crippen LogP contribution >= 0.6 is 0 Å². The van der Waals surface area contributed by atoms with Crippen molar-refractivity contribution in [2.45, 2.75) is 18.6 Å². The molecule has 0 saturated carbocycles. The Kier molecular flexibility index (Phi) is 4.73. The highest BCUT2D eigenvalue weighted by molar-refractivity contribution is 5.89. The van der Waals surface area contributed by atoms with Crippen molar-refractivity contribution >= 4 is 17.8 Å². The number of carboxylic acid groups (broad SMARTS) is 1. The molecule has 0 rings (SSSR count). The summed E-state index contributed by atoms with van der Waals surface area (Å²) >= 11 is 0. The van der Waals surface area contributed by atoms with E-state index in [0.717, 1.165) is 7.11 Å². The molecule has 0 radical (unpaired) electrons. The van der Waals surface area contributed by atoms with Crippen molar-refractivity contribution in [3.8, 4) is 0 Å². The lowest BCUT2D eigenvalue weighted by Gasteiger charge is -2.15. The lowest BCUT2D eigenvalue weighted by atomic mass is 10.2. The van der Waals surface area contributed by atoms with E-state index >= 15 is 0 Å². The SMILES string of the molecule is COC(=O)[C@@H](CC(=O)O)NC(=O)C(F)(F)F. The van der Waals surface area contributed by atoms with Crippen molar-refractivity contribution < 1.29 is 37.4 Å². The van der Waals surface area contributed by atoms with Crippen LogP contribution in [0.2, 0.25) is 0 Å². The Hall–Kier alpha value is -1.80. The number of hydrogen-bond donors (Lipinski definition) is 2. The lowest BCUT2D eigenvalue weighted by molar-refractivity contribution is -0.176. The molecule has 0 saturated heterocycles. The van der Waals surface area contributed by atoms with Gasteiger partial charge in [-0.25, -0.2) is 4.79 Å². The molecule has 0 aliphatic rings. The summed E-state index contributed by atoms with van der Waals surface area (Å²) in [4.78, 5) is 31.5. The van der Waals surface area contributed by atoms with Crippen LogP contribution in [0.4, 0.5) is 13.2 Å². The fourth-order valence-corrected chi connectivity index (χ4v) is 0.750. The molecule has 0 fully saturated rings. The third-order valence-corrected chi connectivity index (χ3v) is 1.43. The van der Waals surface area contributed by atoms with E-state index in [1.807, 2.05) is 0 Å². The van der Waals surface area contributed by atoms with Crippen molar-refractivity contribution in [3.05, 3.63) is 0 Å². The van der Waals surface area contributed by atoms with Gasteiger partial charge in [-0.1, -0.05) is 0 Å². The van der Waals surface area contributed by atoms with E-state index in [0.29, 0.717) is 0 Å². The summed E-state index contributed by atoms with van der Waals surface area (Å²) in [6.45, 7) is 0. The van der Waals surface area contributed by atoms with E-state index < -0.39 is 36.5 Å². The van der Waals surface area contributed by atoms with Gasteiger partial charge in [0.25, 0.3) is 0 Å². The second kappa shape index (κ2) is 5.33. The van der Waals surface area contributed by atoms with E-state index in [1.165, 1.54) is 5.32 Å². The third-order valence-electron chi connectivity index (χ3n) is 1.43. The predicted molar refractivity (Wildman–Crippen MR) is 42.3 cm³/mol. The van der Waals surface area contributed by atoms with E-state index in [1.54, 1.807) is 0 Å². The quantitative estimate of drug-likeness (QED) is 0.660. The fraction of sp³-hybridized carbons (Fsp3) is 0.571. The smallest absolute Gasteiger partial charge is 0.471 e. The first-order chi connectivity index (χ1) is 7.18. The molecule has 0 aromatic heterocycles. The molecule has 1 amide bonds. The highest BCUT2D eigenvalue weighted by Crippen LogP contribution is 2.15. The Morgan fingerprint density at radius 2 is 1.88 bits per heavy atom. The fourth-order valence-electron chi connectivity index (χ4n) is 0.750. The van der Waals surface area contributed by atoms with Gasteiger partial charge in [-0.15, -0.1) is 0 Å². The van der Waals surface area contributed by atoms with Gasteiger partial charge in [0.2, 0.25) is 0 Å². The molecule has 0 aliphatic carbocycles. The highest BCUT2D eigenvalue weighted by atomic mass is 19.4. The minimum atomic E-state index is -5.19. The molecule has 0 bridgehead atoms. The molecular weight excluding hydrogens is 235 g/mol. The number of amides is 1. The first-order valence-corrected chi connectivity index (χ1v) is 3.85. The van der Waals surface area contributed by atoms with Crippen LogP contribution < -0.4 is 5.32 Å². The molecule has 0 unspecified atom stereocenters. The first kappa shape index (κ1) is 14.2. The molecule has 0 heterocycles. The highest BCUT2D eigenvalue weighted by Gasteiger charge is 2.41. The molecule has 0 aromatic rings. The predicted octanol–water partition coefficient (Wildman–Crippen LogP) is -0.319. The number of esters is 1. The normalized spacial score (nSPS) is 12.8. The van der Waals surface area contributed by atoms with Gasteiger partial charge in [-0.2, -0.15) is 13.2 Å². The van der Waals surface area contributed by atoms with Crippen LogP contribution in [0.25, 0.3) is 0 Å². The molecule has 9 heteroatoms. The zero-order valence-corrected chi connectivity index (χ0v) is 8.00. The van der Waals surface area contributed by atoms with E-state index in [9.17, 15) is 27.6 Å². The van der Waals surface area contributed by atoms with Crippen LogP contribution in [0.5, 0.6) is 0 Å². The monoisotopic (exact) mass is 243 g/mol. The molecular formula is C7H8F3NO5. The topological polar surface area (TPSA) is 92.7 Å². The summed E-state index contributed by atoms with van der Waals surface area (Å²) in [5.74, 6) is -5.21. The maximum Gasteiger partial charge on any atom is 0.471 e. The van der Waals surface area contributed by atoms with Gasteiger partial charge in [0.15, 0.2) is 0 Å². The van der Waals surface area contributed by atoms with Gasteiger partial charge in [0.05, 0.1) is 13.5 Å². The Morgan fingerprint density at radius 3 is 2.19 bits per heavy atom. The maximum absolute atomic E-state index is 11.8. The van der Waals surface area contributed by atoms with E-state index in [-0.39, 0.29) is 0 Å². The zero-order chi connectivity index (χ0) is 12.9. The molecule has 2 N–H and O–H groups in total. The maximum atomic E-state index is 11.8. The Labute approximate surface area is 87.4 Å². The van der Waals surface area contributed by atoms with Crippen LogP contribution in [-0.2, 0) is 19.1 Å². The Balaban J connectivity index is 4.61. The Bertz CT molecular complexity index is 301. The van der Waals surface area contributed by atoms with Crippen molar-refractivity contribution in [3.63, 3.8) is 0 Å². The number of methoxy groups -OCH3 is 1. The number of alkyl halides is 3. The molecule has 92 valence electrons. The third kappa shape index (κ3) is 4.62. The Morgan fingerprint density at radius 1 is 1.38 bits per heavy atom. The molecule has 6 nitrogen and oxygen atoms in total. The van der Waals surface area contributed by atoms with Gasteiger partial charge in [0.1, 0.15) is 6.04 Å². The minimum absolute atomic E-state index is 0.858. The van der Waals surface area contributed by atoms with Crippen LogP contribution in [0.3, 0.4) is 0 Å².